The van der Waals surface area contributed by atoms with Gasteiger partial charge in [0.2, 0.25) is 0 Å². The van der Waals surface area contributed by atoms with Crippen LogP contribution in [0.4, 0.5) is 0 Å². The molecule has 3 rings (SSSR count). The molecule has 9 heteroatoms. The van der Waals surface area contributed by atoms with Crippen LogP contribution in [-0.2, 0) is 6.61 Å². The summed E-state index contributed by atoms with van der Waals surface area (Å²) in [6.45, 7) is 0.210. The molecule has 1 N–H and O–H groups in total. The minimum absolute atomic E-state index is 0.0949. The Balaban J connectivity index is 1.73. The van der Waals surface area contributed by atoms with Crippen LogP contribution in [-0.4, -0.2) is 24.2 Å². The first kappa shape index (κ1) is 22.3. The molecule has 0 atom stereocenters. The van der Waals surface area contributed by atoms with E-state index in [1.807, 2.05) is 12.1 Å². The Labute approximate surface area is 192 Å². The second-order valence-electron chi connectivity index (χ2n) is 6.12. The van der Waals surface area contributed by atoms with Crippen molar-refractivity contribution in [2.45, 2.75) is 6.61 Å². The van der Waals surface area contributed by atoms with E-state index in [-0.39, 0.29) is 17.3 Å². The molecule has 0 saturated heterocycles. The van der Waals surface area contributed by atoms with Crippen LogP contribution >= 0.6 is 27.5 Å². The maximum absolute atomic E-state index is 12.2. The smallest absolute Gasteiger partial charge is 0.274 e. The van der Waals surface area contributed by atoms with Gasteiger partial charge in [-0.3, -0.25) is 4.79 Å². The van der Waals surface area contributed by atoms with Crippen molar-refractivity contribution < 1.29 is 14.3 Å². The lowest BCUT2D eigenvalue weighted by Gasteiger charge is -2.13. The van der Waals surface area contributed by atoms with Gasteiger partial charge in [0, 0.05) is 21.8 Å². The molecule has 31 heavy (non-hydrogen) atoms. The molecule has 156 valence electrons. The molecule has 1 heterocycles. The predicted molar refractivity (Wildman–Crippen MR) is 120 cm³/mol. The number of hydrogen-bond donors (Lipinski definition) is 1. The van der Waals surface area contributed by atoms with Crippen molar-refractivity contribution in [1.29, 1.82) is 5.26 Å². The van der Waals surface area contributed by atoms with E-state index in [2.05, 4.69) is 37.5 Å². The van der Waals surface area contributed by atoms with E-state index in [1.54, 1.807) is 36.4 Å². The number of nitriles is 1. The lowest BCUT2D eigenvalue weighted by Crippen LogP contribution is -2.18. The molecule has 0 aliphatic carbocycles. The first-order chi connectivity index (χ1) is 15.0. The molecule has 3 aromatic rings. The summed E-state index contributed by atoms with van der Waals surface area (Å²) in [6, 6.07) is 16.0. The maximum Gasteiger partial charge on any atom is 0.274 e. The Bertz CT molecular complexity index is 1180. The highest BCUT2D eigenvalue weighted by Crippen LogP contribution is 2.33. The molecule has 0 radical (unpaired) electrons. The zero-order valence-corrected chi connectivity index (χ0v) is 18.6. The van der Waals surface area contributed by atoms with Crippen LogP contribution in [0.3, 0.4) is 0 Å². The fourth-order valence-corrected chi connectivity index (χ4v) is 3.24. The largest absolute Gasteiger partial charge is 0.493 e. The highest BCUT2D eigenvalue weighted by atomic mass is 79.9. The molecule has 0 bridgehead atoms. The van der Waals surface area contributed by atoms with Crippen LogP contribution < -0.4 is 14.9 Å². The summed E-state index contributed by atoms with van der Waals surface area (Å²) in [5, 5.41) is 13.3. The van der Waals surface area contributed by atoms with E-state index in [0.29, 0.717) is 27.1 Å². The lowest BCUT2D eigenvalue weighted by atomic mass is 10.1. The first-order valence-corrected chi connectivity index (χ1v) is 10.1. The molecule has 0 aliphatic rings. The number of rotatable bonds is 7. The standard InChI is InChI=1S/C22H16BrClN4O3/c1-30-19-9-16(12-27-28-22(29)17-7-4-8-26-21(17)24)18(23)10-20(19)31-13-15-6-3-2-5-14(15)11-25/h2-10,12H,13H2,1H3,(H,28,29). The number of methoxy groups -OCH3 is 1. The van der Waals surface area contributed by atoms with Crippen LogP contribution in [0, 0.1) is 11.3 Å². The molecule has 2 aromatic carbocycles. The van der Waals surface area contributed by atoms with Crippen LogP contribution in [0.1, 0.15) is 27.0 Å². The maximum atomic E-state index is 12.2. The zero-order valence-electron chi connectivity index (χ0n) is 16.3. The number of pyridine rings is 1. The normalized spacial score (nSPS) is 10.5. The molecule has 1 amide bonds. The third-order valence-corrected chi connectivity index (χ3v) is 5.17. The SMILES string of the molecule is COc1cc(C=NNC(=O)c2cccnc2Cl)c(Br)cc1OCc1ccccc1C#N. The van der Waals surface area contributed by atoms with Crippen molar-refractivity contribution in [3.63, 3.8) is 0 Å². The van der Waals surface area contributed by atoms with Crippen LogP contribution in [0.25, 0.3) is 0 Å². The number of hydrogen-bond acceptors (Lipinski definition) is 6. The van der Waals surface area contributed by atoms with Gasteiger partial charge in [-0.05, 0) is 46.3 Å². The molecule has 0 unspecified atom stereocenters. The van der Waals surface area contributed by atoms with Gasteiger partial charge < -0.3 is 9.47 Å². The number of nitrogens with one attached hydrogen (secondary N) is 1. The summed E-state index contributed by atoms with van der Waals surface area (Å²) in [5.74, 6) is 0.486. The highest BCUT2D eigenvalue weighted by Gasteiger charge is 2.12. The van der Waals surface area contributed by atoms with Gasteiger partial charge in [0.15, 0.2) is 11.5 Å². The molecule has 7 nitrogen and oxygen atoms in total. The van der Waals surface area contributed by atoms with Gasteiger partial charge >= 0.3 is 0 Å². The van der Waals surface area contributed by atoms with Gasteiger partial charge in [-0.15, -0.1) is 0 Å². The molecule has 0 spiro atoms. The summed E-state index contributed by atoms with van der Waals surface area (Å²) in [5.41, 5.74) is 4.60. The Morgan fingerprint density at radius 2 is 2.10 bits per heavy atom. The van der Waals surface area contributed by atoms with Crippen LogP contribution in [0.5, 0.6) is 11.5 Å². The van der Waals surface area contributed by atoms with Crippen molar-refractivity contribution in [1.82, 2.24) is 10.4 Å². The van der Waals surface area contributed by atoms with Gasteiger partial charge in [-0.2, -0.15) is 10.4 Å². The van der Waals surface area contributed by atoms with Gasteiger partial charge in [0.05, 0.1) is 30.5 Å². The quantitative estimate of drug-likeness (QED) is 0.288. The predicted octanol–water partition coefficient (Wildman–Crippen LogP) is 4.72. The fourth-order valence-electron chi connectivity index (χ4n) is 2.61. The number of aromatic nitrogens is 1. The van der Waals surface area contributed by atoms with E-state index in [0.717, 1.165) is 5.56 Å². The molecule has 1 aromatic heterocycles. The third-order valence-electron chi connectivity index (χ3n) is 4.18. The average molecular weight is 500 g/mol. The number of nitrogens with zero attached hydrogens (tertiary/aromatic N) is 3. The van der Waals surface area contributed by atoms with Gasteiger partial charge in [0.25, 0.3) is 5.91 Å². The molecule has 0 saturated carbocycles. The summed E-state index contributed by atoms with van der Waals surface area (Å²) >= 11 is 9.38. The average Bonchev–Trinajstić information content (AvgIpc) is 2.79. The minimum Gasteiger partial charge on any atom is -0.493 e. The Morgan fingerprint density at radius 1 is 1.29 bits per heavy atom. The number of benzene rings is 2. The number of hydrazone groups is 1. The van der Waals surface area contributed by atoms with Gasteiger partial charge in [-0.1, -0.05) is 29.8 Å². The van der Waals surface area contributed by atoms with Crippen molar-refractivity contribution in [3.05, 3.63) is 86.6 Å². The second kappa shape index (κ2) is 10.6. The summed E-state index contributed by atoms with van der Waals surface area (Å²) in [7, 11) is 1.52. The first-order valence-electron chi connectivity index (χ1n) is 8.95. The molecular weight excluding hydrogens is 484 g/mol. The monoisotopic (exact) mass is 498 g/mol. The molecular formula is C22H16BrClN4O3. The fraction of sp³-hybridized carbons (Fsp3) is 0.0909. The number of ether oxygens (including phenoxy) is 2. The third kappa shape index (κ3) is 5.60. The number of amides is 1. The Morgan fingerprint density at radius 3 is 2.84 bits per heavy atom. The van der Waals surface area contributed by atoms with Crippen molar-refractivity contribution in [2.24, 2.45) is 5.10 Å². The van der Waals surface area contributed by atoms with E-state index in [4.69, 9.17) is 21.1 Å². The Hall–Kier alpha value is -3.41. The lowest BCUT2D eigenvalue weighted by molar-refractivity contribution is 0.0955. The van der Waals surface area contributed by atoms with E-state index in [1.165, 1.54) is 19.5 Å². The Kier molecular flexibility index (Phi) is 7.60. The minimum atomic E-state index is -0.478. The van der Waals surface area contributed by atoms with Crippen molar-refractivity contribution in [3.8, 4) is 17.6 Å². The molecule has 0 fully saturated rings. The van der Waals surface area contributed by atoms with Crippen LogP contribution in [0.15, 0.2) is 64.3 Å². The zero-order chi connectivity index (χ0) is 22.2. The van der Waals surface area contributed by atoms with E-state index >= 15 is 0 Å². The van der Waals surface area contributed by atoms with Crippen molar-refractivity contribution in [2.75, 3.05) is 7.11 Å². The molecule has 0 aliphatic heterocycles. The summed E-state index contributed by atoms with van der Waals surface area (Å²) in [6.07, 6.45) is 2.96. The van der Waals surface area contributed by atoms with Crippen molar-refractivity contribution >= 4 is 39.7 Å². The topological polar surface area (TPSA) is 96.6 Å². The van der Waals surface area contributed by atoms with E-state index in [9.17, 15) is 10.1 Å². The van der Waals surface area contributed by atoms with Crippen LogP contribution in [0.2, 0.25) is 5.15 Å². The van der Waals surface area contributed by atoms with Gasteiger partial charge in [0.1, 0.15) is 11.8 Å². The number of carbonyl (C=O) groups is 1. The van der Waals surface area contributed by atoms with E-state index < -0.39 is 5.91 Å². The summed E-state index contributed by atoms with van der Waals surface area (Å²) in [4.78, 5) is 16.0. The summed E-state index contributed by atoms with van der Waals surface area (Å²) < 4.78 is 12.0. The second-order valence-corrected chi connectivity index (χ2v) is 7.34. The number of carbonyl (C=O) groups excluding carboxylic acids is 1. The van der Waals surface area contributed by atoms with Gasteiger partial charge in [-0.25, -0.2) is 10.4 Å². The number of halogens is 2. The highest BCUT2D eigenvalue weighted by molar-refractivity contribution is 9.10.